The van der Waals surface area contributed by atoms with Crippen molar-refractivity contribution in [2.45, 2.75) is 13.3 Å². The third kappa shape index (κ3) is 2.68. The van der Waals surface area contributed by atoms with Crippen molar-refractivity contribution in [1.82, 2.24) is 4.90 Å². The molecule has 1 saturated carbocycles. The molecule has 0 N–H and O–H groups in total. The first-order valence-corrected chi connectivity index (χ1v) is 6.49. The number of hydrogen-bond donors (Lipinski definition) is 0. The summed E-state index contributed by atoms with van der Waals surface area (Å²) >= 11 is 3.09. The molecule has 0 aromatic heterocycles. The van der Waals surface area contributed by atoms with Crippen LogP contribution in [0.2, 0.25) is 0 Å². The van der Waals surface area contributed by atoms with Gasteiger partial charge in [-0.15, -0.1) is 0 Å². The van der Waals surface area contributed by atoms with E-state index >= 15 is 0 Å². The lowest BCUT2D eigenvalue weighted by Gasteiger charge is -2.17. The van der Waals surface area contributed by atoms with Crippen LogP contribution in [0.4, 0.5) is 4.39 Å². The van der Waals surface area contributed by atoms with Crippen LogP contribution >= 0.6 is 15.9 Å². The molecule has 2 nitrogen and oxygen atoms in total. The molecule has 1 amide bonds. The van der Waals surface area contributed by atoms with Crippen molar-refractivity contribution in [2.24, 2.45) is 11.8 Å². The smallest absolute Gasteiger partial charge is 0.256 e. The van der Waals surface area contributed by atoms with E-state index in [0.717, 1.165) is 0 Å². The zero-order valence-corrected chi connectivity index (χ0v) is 11.5. The molecule has 17 heavy (non-hydrogen) atoms. The molecule has 2 rings (SSSR count). The molecule has 0 aliphatic heterocycles. The summed E-state index contributed by atoms with van der Waals surface area (Å²) in [7, 11) is 1.73. The summed E-state index contributed by atoms with van der Waals surface area (Å²) in [5.74, 6) is 0.549. The fourth-order valence-corrected chi connectivity index (χ4v) is 2.33. The number of rotatable bonds is 3. The second kappa shape index (κ2) is 4.77. The summed E-state index contributed by atoms with van der Waals surface area (Å²) in [6.07, 6.45) is 1.17. The van der Waals surface area contributed by atoms with Crippen LogP contribution in [0.1, 0.15) is 23.7 Å². The molecule has 1 aromatic carbocycles. The zero-order chi connectivity index (χ0) is 12.6. The number of carbonyl (C=O) groups excluding carboxylic acids is 1. The van der Waals surface area contributed by atoms with Crippen LogP contribution in [0, 0.1) is 17.7 Å². The van der Waals surface area contributed by atoms with Gasteiger partial charge < -0.3 is 4.90 Å². The minimum absolute atomic E-state index is 0.134. The highest BCUT2D eigenvalue weighted by Crippen LogP contribution is 2.38. The average molecular weight is 300 g/mol. The highest BCUT2D eigenvalue weighted by atomic mass is 79.9. The predicted octanol–water partition coefficient (Wildman–Crippen LogP) is 3.32. The molecule has 4 heteroatoms. The second-order valence-electron chi connectivity index (χ2n) is 4.76. The van der Waals surface area contributed by atoms with Crippen LogP contribution in [0.5, 0.6) is 0 Å². The van der Waals surface area contributed by atoms with Crippen LogP contribution in [-0.2, 0) is 0 Å². The molecule has 92 valence electrons. The molecule has 0 heterocycles. The Kier molecular flexibility index (Phi) is 3.52. The van der Waals surface area contributed by atoms with E-state index in [9.17, 15) is 9.18 Å². The minimum atomic E-state index is -0.479. The Morgan fingerprint density at radius 1 is 1.59 bits per heavy atom. The zero-order valence-electron chi connectivity index (χ0n) is 9.91. The van der Waals surface area contributed by atoms with E-state index in [4.69, 9.17) is 0 Å². The quantitative estimate of drug-likeness (QED) is 0.838. The number of halogens is 2. The first-order chi connectivity index (χ1) is 8.00. The van der Waals surface area contributed by atoms with Gasteiger partial charge in [-0.1, -0.05) is 13.0 Å². The lowest BCUT2D eigenvalue weighted by molar-refractivity contribution is 0.0782. The first-order valence-electron chi connectivity index (χ1n) is 5.70. The van der Waals surface area contributed by atoms with E-state index in [1.54, 1.807) is 24.1 Å². The van der Waals surface area contributed by atoms with Gasteiger partial charge in [-0.05, 0) is 46.3 Å². The molecule has 0 spiro atoms. The Hall–Kier alpha value is -0.900. The SMILES string of the molecule is CC1CC1CN(C)C(=O)c1cccc(Br)c1F. The van der Waals surface area contributed by atoms with Crippen LogP contribution in [0.3, 0.4) is 0 Å². The van der Waals surface area contributed by atoms with E-state index in [1.807, 2.05) is 0 Å². The normalized spacial score (nSPS) is 22.4. The van der Waals surface area contributed by atoms with E-state index in [0.29, 0.717) is 22.9 Å². The van der Waals surface area contributed by atoms with Crippen molar-refractivity contribution in [2.75, 3.05) is 13.6 Å². The Labute approximate surface area is 109 Å². The van der Waals surface area contributed by atoms with E-state index in [2.05, 4.69) is 22.9 Å². The van der Waals surface area contributed by atoms with Crippen molar-refractivity contribution in [1.29, 1.82) is 0 Å². The van der Waals surface area contributed by atoms with Gasteiger partial charge in [0.25, 0.3) is 5.91 Å². The molecule has 1 aliphatic rings. The summed E-state index contributed by atoms with van der Waals surface area (Å²) in [6, 6.07) is 4.79. The van der Waals surface area contributed by atoms with Gasteiger partial charge in [-0.2, -0.15) is 0 Å². The first kappa shape index (κ1) is 12.6. The number of carbonyl (C=O) groups is 1. The molecule has 2 unspecified atom stereocenters. The van der Waals surface area contributed by atoms with Gasteiger partial charge in [0, 0.05) is 13.6 Å². The third-order valence-corrected chi connectivity index (χ3v) is 3.93. The Balaban J connectivity index is 2.10. The maximum Gasteiger partial charge on any atom is 0.256 e. The summed E-state index contributed by atoms with van der Waals surface area (Å²) in [6.45, 7) is 2.88. The van der Waals surface area contributed by atoms with Crippen LogP contribution in [0.25, 0.3) is 0 Å². The Bertz CT molecular complexity index is 449. The Morgan fingerprint density at radius 3 is 2.82 bits per heavy atom. The maximum atomic E-state index is 13.7. The molecule has 2 atom stereocenters. The third-order valence-electron chi connectivity index (χ3n) is 3.31. The summed E-state index contributed by atoms with van der Waals surface area (Å²) in [5.41, 5.74) is 0.134. The molecule has 1 aromatic rings. The van der Waals surface area contributed by atoms with Crippen LogP contribution in [0.15, 0.2) is 22.7 Å². The van der Waals surface area contributed by atoms with Crippen molar-refractivity contribution < 1.29 is 9.18 Å². The van der Waals surface area contributed by atoms with Gasteiger partial charge in [0.15, 0.2) is 0 Å². The van der Waals surface area contributed by atoms with Crippen molar-refractivity contribution >= 4 is 21.8 Å². The standard InChI is InChI=1S/C13H15BrFNO/c1-8-6-9(8)7-16(2)13(17)10-4-3-5-11(14)12(10)15/h3-5,8-9H,6-7H2,1-2H3. The highest BCUT2D eigenvalue weighted by Gasteiger charge is 2.34. The average Bonchev–Trinajstić information content (AvgIpc) is 2.97. The molecular formula is C13H15BrFNO. The second-order valence-corrected chi connectivity index (χ2v) is 5.61. The number of hydrogen-bond acceptors (Lipinski definition) is 1. The van der Waals surface area contributed by atoms with Gasteiger partial charge in [0.1, 0.15) is 5.82 Å². The molecule has 0 saturated heterocycles. The topological polar surface area (TPSA) is 20.3 Å². The van der Waals surface area contributed by atoms with E-state index in [1.165, 1.54) is 12.5 Å². The van der Waals surface area contributed by atoms with Crippen molar-refractivity contribution in [3.63, 3.8) is 0 Å². The molecular weight excluding hydrogens is 285 g/mol. The maximum absolute atomic E-state index is 13.7. The van der Waals surface area contributed by atoms with Crippen LogP contribution in [-0.4, -0.2) is 24.4 Å². The molecule has 1 fully saturated rings. The summed E-state index contributed by atoms with van der Waals surface area (Å²) in [4.78, 5) is 13.7. The molecule has 0 radical (unpaired) electrons. The lowest BCUT2D eigenvalue weighted by Crippen LogP contribution is -2.29. The highest BCUT2D eigenvalue weighted by molar-refractivity contribution is 9.10. The van der Waals surface area contributed by atoms with Crippen molar-refractivity contribution in [3.8, 4) is 0 Å². The van der Waals surface area contributed by atoms with Gasteiger partial charge in [0.2, 0.25) is 0 Å². The summed E-state index contributed by atoms with van der Waals surface area (Å²) in [5, 5.41) is 0. The lowest BCUT2D eigenvalue weighted by atomic mass is 10.2. The fraction of sp³-hybridized carbons (Fsp3) is 0.462. The van der Waals surface area contributed by atoms with Gasteiger partial charge >= 0.3 is 0 Å². The Morgan fingerprint density at radius 2 is 2.24 bits per heavy atom. The van der Waals surface area contributed by atoms with Gasteiger partial charge in [-0.3, -0.25) is 4.79 Å². The monoisotopic (exact) mass is 299 g/mol. The number of amides is 1. The molecule has 0 bridgehead atoms. The predicted molar refractivity (Wildman–Crippen MR) is 68.3 cm³/mol. The molecule has 1 aliphatic carbocycles. The van der Waals surface area contributed by atoms with Crippen molar-refractivity contribution in [3.05, 3.63) is 34.1 Å². The largest absolute Gasteiger partial charge is 0.341 e. The number of nitrogens with zero attached hydrogens (tertiary/aromatic N) is 1. The number of benzene rings is 1. The van der Waals surface area contributed by atoms with E-state index in [-0.39, 0.29) is 11.5 Å². The van der Waals surface area contributed by atoms with Crippen LogP contribution < -0.4 is 0 Å². The minimum Gasteiger partial charge on any atom is -0.341 e. The summed E-state index contributed by atoms with van der Waals surface area (Å²) < 4.78 is 14.1. The van der Waals surface area contributed by atoms with Gasteiger partial charge in [0.05, 0.1) is 10.0 Å². The van der Waals surface area contributed by atoms with Gasteiger partial charge in [-0.25, -0.2) is 4.39 Å². The van der Waals surface area contributed by atoms with E-state index < -0.39 is 5.82 Å². The fourth-order valence-electron chi connectivity index (χ4n) is 1.96.